The second-order valence-electron chi connectivity index (χ2n) is 6.20. The largest absolute Gasteiger partial charge is 0.395 e. The molecule has 4 heteroatoms. The maximum atomic E-state index is 12.0. The lowest BCUT2D eigenvalue weighted by Crippen LogP contribution is -2.24. The first-order valence-electron chi connectivity index (χ1n) is 7.19. The highest BCUT2D eigenvalue weighted by Gasteiger charge is 2.22. The minimum Gasteiger partial charge on any atom is -0.395 e. The number of carbonyl (C=O) groups is 1. The van der Waals surface area contributed by atoms with E-state index in [-0.39, 0.29) is 23.8 Å². The zero-order valence-corrected chi connectivity index (χ0v) is 13.2. The fourth-order valence-corrected chi connectivity index (χ4v) is 1.56. The summed E-state index contributed by atoms with van der Waals surface area (Å²) in [5.74, 6) is 6.42. The van der Waals surface area contributed by atoms with Crippen LogP contribution in [-0.4, -0.2) is 22.6 Å². The number of carbonyl (C=O) groups excluding carboxylic acids is 1. The lowest BCUT2D eigenvalue weighted by Gasteiger charge is -2.26. The summed E-state index contributed by atoms with van der Waals surface area (Å²) < 4.78 is 0. The average molecular weight is 288 g/mol. The smallest absolute Gasteiger partial charge is 0.225 e. The van der Waals surface area contributed by atoms with E-state index in [0.717, 1.165) is 0 Å². The van der Waals surface area contributed by atoms with Crippen molar-refractivity contribution in [2.24, 2.45) is 11.3 Å². The summed E-state index contributed by atoms with van der Waals surface area (Å²) in [6.45, 7) is 8.49. The minimum absolute atomic E-state index is 0.0358. The zero-order valence-electron chi connectivity index (χ0n) is 13.2. The van der Waals surface area contributed by atoms with Crippen LogP contribution in [0.15, 0.2) is 18.2 Å². The van der Waals surface area contributed by atoms with E-state index < -0.39 is 0 Å². The highest BCUT2D eigenvalue weighted by atomic mass is 16.2. The molecule has 1 aromatic rings. The molecular weight excluding hydrogens is 264 g/mol. The highest BCUT2D eigenvalue weighted by molar-refractivity contribution is 5.89. The van der Waals surface area contributed by atoms with Crippen molar-refractivity contribution in [2.75, 3.05) is 11.9 Å². The van der Waals surface area contributed by atoms with Gasteiger partial charge in [-0.15, -0.1) is 0 Å². The first kappa shape index (κ1) is 17.2. The van der Waals surface area contributed by atoms with Crippen LogP contribution >= 0.6 is 0 Å². The first-order chi connectivity index (χ1) is 9.82. The SMILES string of the molecule is CC(CC(=O)Nc1cccc(C#CCCO)n1)C(C)(C)C. The number of aromatic nitrogens is 1. The molecule has 1 aromatic heterocycles. The van der Waals surface area contributed by atoms with Crippen LogP contribution in [-0.2, 0) is 4.79 Å². The first-order valence-corrected chi connectivity index (χ1v) is 7.19. The van der Waals surface area contributed by atoms with E-state index in [1.54, 1.807) is 18.2 Å². The number of hydrogen-bond donors (Lipinski definition) is 2. The van der Waals surface area contributed by atoms with Crippen LogP contribution < -0.4 is 5.32 Å². The molecule has 1 unspecified atom stereocenters. The molecule has 1 amide bonds. The van der Waals surface area contributed by atoms with Crippen molar-refractivity contribution in [1.82, 2.24) is 4.98 Å². The Morgan fingerprint density at radius 1 is 1.43 bits per heavy atom. The van der Waals surface area contributed by atoms with Crippen LogP contribution in [0, 0.1) is 23.2 Å². The second-order valence-corrected chi connectivity index (χ2v) is 6.20. The van der Waals surface area contributed by atoms with Gasteiger partial charge in [0.2, 0.25) is 5.91 Å². The van der Waals surface area contributed by atoms with Gasteiger partial charge in [-0.25, -0.2) is 4.98 Å². The maximum absolute atomic E-state index is 12.0. The van der Waals surface area contributed by atoms with Gasteiger partial charge in [-0.2, -0.15) is 0 Å². The monoisotopic (exact) mass is 288 g/mol. The van der Waals surface area contributed by atoms with Gasteiger partial charge in [0.15, 0.2) is 0 Å². The molecule has 1 atom stereocenters. The molecule has 114 valence electrons. The van der Waals surface area contributed by atoms with Crippen molar-refractivity contribution in [3.05, 3.63) is 23.9 Å². The number of anilines is 1. The standard InChI is InChI=1S/C17H24N2O2/c1-13(17(2,3)4)12-16(21)19-15-10-7-9-14(18-15)8-5-6-11-20/h7,9-10,13,20H,6,11-12H2,1-4H3,(H,18,19,21). The Bertz CT molecular complexity index is 536. The zero-order chi connectivity index (χ0) is 15.9. The molecule has 0 aliphatic heterocycles. The van der Waals surface area contributed by atoms with Crippen molar-refractivity contribution in [3.63, 3.8) is 0 Å². The molecule has 0 aliphatic rings. The Kier molecular flexibility index (Phi) is 6.39. The lowest BCUT2D eigenvalue weighted by molar-refractivity contribution is -0.117. The van der Waals surface area contributed by atoms with Gasteiger partial charge < -0.3 is 10.4 Å². The van der Waals surface area contributed by atoms with Gasteiger partial charge in [-0.05, 0) is 29.4 Å². The van der Waals surface area contributed by atoms with Crippen molar-refractivity contribution in [2.45, 2.75) is 40.5 Å². The molecule has 0 saturated carbocycles. The van der Waals surface area contributed by atoms with Crippen LogP contribution in [0.4, 0.5) is 5.82 Å². The number of aliphatic hydroxyl groups is 1. The van der Waals surface area contributed by atoms with Gasteiger partial charge in [0.25, 0.3) is 0 Å². The van der Waals surface area contributed by atoms with E-state index in [1.165, 1.54) is 0 Å². The molecule has 0 radical (unpaired) electrons. The van der Waals surface area contributed by atoms with E-state index in [0.29, 0.717) is 24.4 Å². The summed E-state index contributed by atoms with van der Waals surface area (Å²) in [7, 11) is 0. The third-order valence-electron chi connectivity index (χ3n) is 3.44. The third kappa shape index (κ3) is 6.42. The molecule has 1 rings (SSSR count). The Labute approximate surface area is 127 Å². The number of hydrogen-bond acceptors (Lipinski definition) is 3. The molecular formula is C17H24N2O2. The number of amides is 1. The van der Waals surface area contributed by atoms with Crippen molar-refractivity contribution < 1.29 is 9.90 Å². The summed E-state index contributed by atoms with van der Waals surface area (Å²) in [6.07, 6.45) is 0.882. The average Bonchev–Trinajstić information content (AvgIpc) is 2.38. The number of nitrogens with zero attached hydrogens (tertiary/aromatic N) is 1. The van der Waals surface area contributed by atoms with E-state index in [2.05, 4.69) is 49.8 Å². The molecule has 0 aliphatic carbocycles. The molecule has 0 fully saturated rings. The summed E-state index contributed by atoms with van der Waals surface area (Å²) in [4.78, 5) is 16.3. The Morgan fingerprint density at radius 2 is 2.14 bits per heavy atom. The quantitative estimate of drug-likeness (QED) is 0.837. The van der Waals surface area contributed by atoms with Gasteiger partial charge in [0, 0.05) is 12.8 Å². The van der Waals surface area contributed by atoms with E-state index >= 15 is 0 Å². The Hall–Kier alpha value is -1.86. The number of rotatable bonds is 4. The number of nitrogens with one attached hydrogen (secondary N) is 1. The minimum atomic E-state index is -0.0367. The predicted octanol–water partition coefficient (Wildman–Crippen LogP) is 2.83. The fraction of sp³-hybridized carbons (Fsp3) is 0.529. The molecule has 0 bridgehead atoms. The molecule has 0 spiro atoms. The topological polar surface area (TPSA) is 62.2 Å². The van der Waals surface area contributed by atoms with Crippen molar-refractivity contribution in [3.8, 4) is 11.8 Å². The van der Waals surface area contributed by atoms with Crippen LogP contribution in [0.1, 0.15) is 46.2 Å². The molecule has 0 aromatic carbocycles. The summed E-state index contributed by atoms with van der Waals surface area (Å²) in [5, 5.41) is 11.5. The van der Waals surface area contributed by atoms with Crippen molar-refractivity contribution >= 4 is 11.7 Å². The molecule has 0 saturated heterocycles. The van der Waals surface area contributed by atoms with Crippen LogP contribution in [0.5, 0.6) is 0 Å². The molecule has 21 heavy (non-hydrogen) atoms. The normalized spacial score (nSPS) is 12.2. The Balaban J connectivity index is 2.65. The van der Waals surface area contributed by atoms with Crippen molar-refractivity contribution in [1.29, 1.82) is 0 Å². The number of aliphatic hydroxyl groups excluding tert-OH is 1. The lowest BCUT2D eigenvalue weighted by atomic mass is 9.80. The van der Waals surface area contributed by atoms with E-state index in [1.807, 2.05) is 0 Å². The third-order valence-corrected chi connectivity index (χ3v) is 3.44. The predicted molar refractivity (Wildman–Crippen MR) is 84.7 cm³/mol. The van der Waals surface area contributed by atoms with Crippen LogP contribution in [0.2, 0.25) is 0 Å². The molecule has 1 heterocycles. The van der Waals surface area contributed by atoms with Gasteiger partial charge in [-0.1, -0.05) is 39.7 Å². The van der Waals surface area contributed by atoms with E-state index in [4.69, 9.17) is 5.11 Å². The molecule has 2 N–H and O–H groups in total. The van der Waals surface area contributed by atoms with Gasteiger partial charge in [0.1, 0.15) is 11.5 Å². The van der Waals surface area contributed by atoms with Gasteiger partial charge in [0.05, 0.1) is 6.61 Å². The maximum Gasteiger partial charge on any atom is 0.225 e. The summed E-state index contributed by atoms with van der Waals surface area (Å²) in [6, 6.07) is 5.33. The fourth-order valence-electron chi connectivity index (χ4n) is 1.56. The molecule has 4 nitrogen and oxygen atoms in total. The van der Waals surface area contributed by atoms with Gasteiger partial charge >= 0.3 is 0 Å². The second kappa shape index (κ2) is 7.80. The Morgan fingerprint density at radius 3 is 2.76 bits per heavy atom. The summed E-state index contributed by atoms with van der Waals surface area (Å²) in [5.41, 5.74) is 0.688. The highest BCUT2D eigenvalue weighted by Crippen LogP contribution is 2.28. The number of pyridine rings is 1. The summed E-state index contributed by atoms with van der Waals surface area (Å²) >= 11 is 0. The van der Waals surface area contributed by atoms with E-state index in [9.17, 15) is 4.79 Å². The van der Waals surface area contributed by atoms with Gasteiger partial charge in [-0.3, -0.25) is 4.79 Å². The van der Waals surface area contributed by atoms with Crippen LogP contribution in [0.25, 0.3) is 0 Å². The van der Waals surface area contributed by atoms with Crippen LogP contribution in [0.3, 0.4) is 0 Å².